The second-order valence-corrected chi connectivity index (χ2v) is 5.68. The predicted octanol–water partition coefficient (Wildman–Crippen LogP) is 0.753. The van der Waals surface area contributed by atoms with Crippen molar-refractivity contribution in [1.82, 2.24) is 0 Å². The van der Waals surface area contributed by atoms with Crippen LogP contribution in [-0.2, 0) is 14.8 Å². The van der Waals surface area contributed by atoms with E-state index in [9.17, 15) is 8.42 Å². The Kier molecular flexibility index (Phi) is 4.94. The van der Waals surface area contributed by atoms with Crippen LogP contribution in [0.3, 0.4) is 0 Å². The van der Waals surface area contributed by atoms with Crippen molar-refractivity contribution in [3.05, 3.63) is 18.2 Å². The van der Waals surface area contributed by atoms with Crippen LogP contribution in [0.5, 0.6) is 0 Å². The molecule has 1 atom stereocenters. The summed E-state index contributed by atoms with van der Waals surface area (Å²) in [6.07, 6.45) is 0.826. The Balaban J connectivity index is 2.80. The Morgan fingerprint density at radius 2 is 2.11 bits per heavy atom. The maximum absolute atomic E-state index is 11.1. The topological polar surface area (TPSA) is 107 Å². The van der Waals surface area contributed by atoms with E-state index in [1.807, 2.05) is 6.92 Å². The highest BCUT2D eigenvalue weighted by molar-refractivity contribution is 7.89. The van der Waals surface area contributed by atoms with E-state index in [0.29, 0.717) is 18.0 Å². The maximum Gasteiger partial charge on any atom is 0.238 e. The van der Waals surface area contributed by atoms with Gasteiger partial charge in [0.05, 0.1) is 16.3 Å². The normalized spacial score (nSPS) is 13.3. The van der Waals surface area contributed by atoms with E-state index in [2.05, 4.69) is 5.32 Å². The molecule has 0 heterocycles. The molecule has 0 fully saturated rings. The van der Waals surface area contributed by atoms with Gasteiger partial charge in [-0.2, -0.15) is 0 Å². The van der Waals surface area contributed by atoms with Crippen LogP contribution in [0.1, 0.15) is 13.3 Å². The number of nitrogens with one attached hydrogen (secondary N) is 1. The Hall–Kier alpha value is -1.31. The molecule has 0 aromatic heterocycles. The van der Waals surface area contributed by atoms with E-state index < -0.39 is 10.0 Å². The third-order valence-electron chi connectivity index (χ3n) is 2.51. The van der Waals surface area contributed by atoms with Crippen molar-refractivity contribution in [3.63, 3.8) is 0 Å². The number of ether oxygens (including phenoxy) is 1. The lowest BCUT2D eigenvalue weighted by Gasteiger charge is -2.16. The van der Waals surface area contributed by atoms with Gasteiger partial charge in [0.1, 0.15) is 0 Å². The molecule has 0 aliphatic carbocycles. The molecule has 18 heavy (non-hydrogen) atoms. The van der Waals surface area contributed by atoms with Crippen LogP contribution < -0.4 is 16.2 Å². The molecule has 0 amide bonds. The van der Waals surface area contributed by atoms with E-state index in [1.165, 1.54) is 12.1 Å². The molecule has 0 aliphatic rings. The molecule has 0 bridgehead atoms. The highest BCUT2D eigenvalue weighted by atomic mass is 32.2. The largest absolute Gasteiger partial charge is 0.397 e. The molecule has 0 saturated carbocycles. The number of nitrogen functional groups attached to an aromatic ring is 1. The van der Waals surface area contributed by atoms with Crippen LogP contribution in [0.2, 0.25) is 0 Å². The minimum Gasteiger partial charge on any atom is -0.397 e. The number of hydrogen-bond donors (Lipinski definition) is 3. The Morgan fingerprint density at radius 3 is 2.61 bits per heavy atom. The van der Waals surface area contributed by atoms with Gasteiger partial charge in [0.15, 0.2) is 0 Å². The van der Waals surface area contributed by atoms with Gasteiger partial charge in [0.25, 0.3) is 0 Å². The Labute approximate surface area is 107 Å². The SMILES string of the molecule is COCCC(C)Nc1ccc(S(N)(=O)=O)cc1N. The van der Waals surface area contributed by atoms with Gasteiger partial charge in [0, 0.05) is 19.8 Å². The molecule has 0 radical (unpaired) electrons. The fraction of sp³-hybridized carbons (Fsp3) is 0.455. The van der Waals surface area contributed by atoms with Gasteiger partial charge in [-0.05, 0) is 31.5 Å². The summed E-state index contributed by atoms with van der Waals surface area (Å²) in [6.45, 7) is 2.63. The number of methoxy groups -OCH3 is 1. The molecule has 5 N–H and O–H groups in total. The van der Waals surface area contributed by atoms with Crippen LogP contribution in [0.25, 0.3) is 0 Å². The highest BCUT2D eigenvalue weighted by Crippen LogP contribution is 2.23. The number of primary sulfonamides is 1. The zero-order valence-corrected chi connectivity index (χ0v) is 11.3. The van der Waals surface area contributed by atoms with Gasteiger partial charge in [-0.25, -0.2) is 13.6 Å². The fourth-order valence-corrected chi connectivity index (χ4v) is 2.03. The van der Waals surface area contributed by atoms with Crippen LogP contribution in [0, 0.1) is 0 Å². The lowest BCUT2D eigenvalue weighted by atomic mass is 10.2. The molecule has 0 aliphatic heterocycles. The number of hydrogen-bond acceptors (Lipinski definition) is 5. The first-order valence-electron chi connectivity index (χ1n) is 5.52. The van der Waals surface area contributed by atoms with Crippen molar-refractivity contribution in [2.45, 2.75) is 24.3 Å². The van der Waals surface area contributed by atoms with Gasteiger partial charge in [-0.1, -0.05) is 0 Å². The number of benzene rings is 1. The van der Waals surface area contributed by atoms with Crippen molar-refractivity contribution in [2.24, 2.45) is 5.14 Å². The van der Waals surface area contributed by atoms with Crippen LogP contribution in [0.4, 0.5) is 11.4 Å². The van der Waals surface area contributed by atoms with E-state index in [4.69, 9.17) is 15.6 Å². The summed E-state index contributed by atoms with van der Waals surface area (Å²) >= 11 is 0. The number of sulfonamides is 1. The Morgan fingerprint density at radius 1 is 1.44 bits per heavy atom. The van der Waals surface area contributed by atoms with Crippen molar-refractivity contribution in [1.29, 1.82) is 0 Å². The lowest BCUT2D eigenvalue weighted by molar-refractivity contribution is 0.191. The molecule has 0 spiro atoms. The molecule has 1 rings (SSSR count). The quantitative estimate of drug-likeness (QED) is 0.663. The van der Waals surface area contributed by atoms with Crippen LogP contribution in [0.15, 0.2) is 23.1 Å². The van der Waals surface area contributed by atoms with Crippen molar-refractivity contribution in [3.8, 4) is 0 Å². The minimum absolute atomic E-state index is 0.00935. The summed E-state index contributed by atoms with van der Waals surface area (Å²) in [5, 5.41) is 8.21. The first kappa shape index (κ1) is 14.7. The number of rotatable bonds is 6. The van der Waals surface area contributed by atoms with Gasteiger partial charge < -0.3 is 15.8 Å². The predicted molar refractivity (Wildman–Crippen MR) is 71.8 cm³/mol. The number of anilines is 2. The summed E-state index contributed by atoms with van der Waals surface area (Å²) in [5.74, 6) is 0. The average molecular weight is 273 g/mol. The molecule has 0 saturated heterocycles. The standard InChI is InChI=1S/C11H19N3O3S/c1-8(5-6-17-2)14-11-4-3-9(7-10(11)12)18(13,15)16/h3-4,7-8,14H,5-6,12H2,1-2H3,(H2,13,15,16). The van der Waals surface area contributed by atoms with Gasteiger partial charge in [-0.15, -0.1) is 0 Å². The summed E-state index contributed by atoms with van der Waals surface area (Å²) in [5.41, 5.74) is 6.82. The summed E-state index contributed by atoms with van der Waals surface area (Å²) < 4.78 is 27.3. The van der Waals surface area contributed by atoms with Gasteiger partial charge in [0.2, 0.25) is 10.0 Å². The summed E-state index contributed by atoms with van der Waals surface area (Å²) in [4.78, 5) is 0.00935. The van der Waals surface area contributed by atoms with E-state index >= 15 is 0 Å². The lowest BCUT2D eigenvalue weighted by Crippen LogP contribution is -2.18. The van der Waals surface area contributed by atoms with Gasteiger partial charge in [-0.3, -0.25) is 0 Å². The van der Waals surface area contributed by atoms with Crippen molar-refractivity contribution < 1.29 is 13.2 Å². The number of nitrogens with two attached hydrogens (primary N) is 2. The first-order chi connectivity index (χ1) is 8.34. The second-order valence-electron chi connectivity index (χ2n) is 4.12. The smallest absolute Gasteiger partial charge is 0.238 e. The van der Waals surface area contributed by atoms with Crippen LogP contribution >= 0.6 is 0 Å². The maximum atomic E-state index is 11.1. The zero-order valence-electron chi connectivity index (χ0n) is 10.5. The molecule has 102 valence electrons. The van der Waals surface area contributed by atoms with Crippen molar-refractivity contribution >= 4 is 21.4 Å². The highest BCUT2D eigenvalue weighted by Gasteiger charge is 2.11. The molecule has 6 nitrogen and oxygen atoms in total. The molecule has 1 aromatic carbocycles. The molecule has 7 heteroatoms. The fourth-order valence-electron chi connectivity index (χ4n) is 1.48. The summed E-state index contributed by atoms with van der Waals surface area (Å²) in [6, 6.07) is 4.56. The molecular formula is C11H19N3O3S. The van der Waals surface area contributed by atoms with E-state index in [1.54, 1.807) is 13.2 Å². The second kappa shape index (κ2) is 6.03. The molecular weight excluding hydrogens is 254 g/mol. The van der Waals surface area contributed by atoms with Crippen molar-refractivity contribution in [2.75, 3.05) is 24.8 Å². The molecule has 1 unspecified atom stereocenters. The van der Waals surface area contributed by atoms with E-state index in [-0.39, 0.29) is 10.9 Å². The van der Waals surface area contributed by atoms with Crippen LogP contribution in [-0.4, -0.2) is 28.2 Å². The van der Waals surface area contributed by atoms with Gasteiger partial charge >= 0.3 is 0 Å². The third kappa shape index (κ3) is 4.17. The monoisotopic (exact) mass is 273 g/mol. The first-order valence-corrected chi connectivity index (χ1v) is 7.07. The Bertz CT molecular complexity index is 502. The van der Waals surface area contributed by atoms with E-state index in [0.717, 1.165) is 6.42 Å². The average Bonchev–Trinajstić information content (AvgIpc) is 2.27. The minimum atomic E-state index is -3.71. The summed E-state index contributed by atoms with van der Waals surface area (Å²) in [7, 11) is -2.07. The molecule has 1 aromatic rings. The zero-order chi connectivity index (χ0) is 13.8. The third-order valence-corrected chi connectivity index (χ3v) is 3.42.